The molecule has 2 atom stereocenters. The molecule has 2 rings (SSSR count). The molecule has 0 aromatic heterocycles. The van der Waals surface area contributed by atoms with Crippen molar-refractivity contribution in [2.75, 3.05) is 20.8 Å². The van der Waals surface area contributed by atoms with Gasteiger partial charge in [0.15, 0.2) is 0 Å². The van der Waals surface area contributed by atoms with Crippen LogP contribution in [0.2, 0.25) is 0 Å². The highest BCUT2D eigenvalue weighted by atomic mass is 16.5. The third-order valence-electron chi connectivity index (χ3n) is 6.39. The molecule has 160 valence electrons. The maximum absolute atomic E-state index is 5.94. The quantitative estimate of drug-likeness (QED) is 0.319. The molecule has 2 aromatic carbocycles. The summed E-state index contributed by atoms with van der Waals surface area (Å²) in [5.74, 6) is 0.415. The van der Waals surface area contributed by atoms with E-state index in [1.165, 1.54) is 36.8 Å². The minimum atomic E-state index is -0.0188. The van der Waals surface area contributed by atoms with Gasteiger partial charge in [-0.1, -0.05) is 100 Å². The van der Waals surface area contributed by atoms with Crippen LogP contribution in [0.5, 0.6) is 0 Å². The molecule has 0 bridgehead atoms. The molecule has 2 aromatic rings. The van der Waals surface area contributed by atoms with Gasteiger partial charge >= 0.3 is 0 Å². The highest BCUT2D eigenvalue weighted by molar-refractivity contribution is 5.38. The van der Waals surface area contributed by atoms with Gasteiger partial charge in [0.1, 0.15) is 0 Å². The molecule has 0 amide bonds. The van der Waals surface area contributed by atoms with E-state index in [1.54, 1.807) is 0 Å². The molecular weight excluding hydrogens is 356 g/mol. The summed E-state index contributed by atoms with van der Waals surface area (Å²) in [6, 6.07) is 21.8. The minimum absolute atomic E-state index is 0.0188. The maximum atomic E-state index is 5.94. The lowest BCUT2D eigenvalue weighted by atomic mass is 9.71. The third kappa shape index (κ3) is 6.97. The Morgan fingerprint density at radius 3 is 1.86 bits per heavy atom. The van der Waals surface area contributed by atoms with Crippen LogP contribution in [-0.2, 0) is 14.9 Å². The lowest BCUT2D eigenvalue weighted by Crippen LogP contribution is -2.31. The van der Waals surface area contributed by atoms with Gasteiger partial charge in [-0.25, -0.2) is 0 Å². The van der Waals surface area contributed by atoms with E-state index in [-0.39, 0.29) is 11.5 Å². The molecule has 0 aliphatic rings. The monoisotopic (exact) mass is 396 g/mol. The summed E-state index contributed by atoms with van der Waals surface area (Å²) in [4.78, 5) is 0. The molecule has 2 unspecified atom stereocenters. The fourth-order valence-electron chi connectivity index (χ4n) is 4.45. The SMILES string of the molecule is CCCCCCC(OC)C(CCC(C)(c1ccccc1)c1ccccc1)COC. The second-order valence-electron chi connectivity index (χ2n) is 8.44. The maximum Gasteiger partial charge on any atom is 0.0621 e. The van der Waals surface area contributed by atoms with Crippen LogP contribution in [0.1, 0.15) is 69.9 Å². The van der Waals surface area contributed by atoms with Crippen molar-refractivity contribution in [3.05, 3.63) is 71.8 Å². The number of methoxy groups -OCH3 is 2. The largest absolute Gasteiger partial charge is 0.384 e. The van der Waals surface area contributed by atoms with Gasteiger partial charge in [-0.3, -0.25) is 0 Å². The van der Waals surface area contributed by atoms with E-state index in [0.29, 0.717) is 5.92 Å². The van der Waals surface area contributed by atoms with Crippen molar-refractivity contribution in [2.45, 2.75) is 70.3 Å². The normalized spacial score (nSPS) is 13.9. The van der Waals surface area contributed by atoms with E-state index >= 15 is 0 Å². The van der Waals surface area contributed by atoms with E-state index in [0.717, 1.165) is 25.9 Å². The lowest BCUT2D eigenvalue weighted by Gasteiger charge is -2.34. The number of ether oxygens (including phenoxy) is 2. The van der Waals surface area contributed by atoms with Crippen molar-refractivity contribution < 1.29 is 9.47 Å². The second kappa shape index (κ2) is 12.8. The third-order valence-corrected chi connectivity index (χ3v) is 6.39. The second-order valence-corrected chi connectivity index (χ2v) is 8.44. The lowest BCUT2D eigenvalue weighted by molar-refractivity contribution is 0.00236. The molecule has 2 nitrogen and oxygen atoms in total. The Morgan fingerprint density at radius 1 is 0.793 bits per heavy atom. The molecule has 0 radical (unpaired) electrons. The predicted molar refractivity (Wildman–Crippen MR) is 123 cm³/mol. The van der Waals surface area contributed by atoms with Crippen molar-refractivity contribution in [3.8, 4) is 0 Å². The van der Waals surface area contributed by atoms with Crippen molar-refractivity contribution in [2.24, 2.45) is 5.92 Å². The van der Waals surface area contributed by atoms with E-state index < -0.39 is 0 Å². The molecule has 0 fully saturated rings. The number of rotatable bonds is 14. The zero-order valence-electron chi connectivity index (χ0n) is 18.9. The Bertz CT molecular complexity index is 613. The Kier molecular flexibility index (Phi) is 10.5. The molecule has 2 heteroatoms. The van der Waals surface area contributed by atoms with Crippen molar-refractivity contribution in [1.29, 1.82) is 0 Å². The Labute approximate surface area is 178 Å². The van der Waals surface area contributed by atoms with E-state index in [9.17, 15) is 0 Å². The average Bonchev–Trinajstić information content (AvgIpc) is 2.78. The van der Waals surface area contributed by atoms with Gasteiger partial charge < -0.3 is 9.47 Å². The summed E-state index contributed by atoms with van der Waals surface area (Å²) in [5, 5.41) is 0. The highest BCUT2D eigenvalue weighted by Gasteiger charge is 2.31. The minimum Gasteiger partial charge on any atom is -0.384 e. The van der Waals surface area contributed by atoms with Crippen molar-refractivity contribution in [3.63, 3.8) is 0 Å². The summed E-state index contributed by atoms with van der Waals surface area (Å²) in [7, 11) is 3.67. The van der Waals surface area contributed by atoms with Gasteiger partial charge in [0.25, 0.3) is 0 Å². The Balaban J connectivity index is 2.16. The molecule has 0 aliphatic carbocycles. The molecule has 0 heterocycles. The first-order valence-electron chi connectivity index (χ1n) is 11.3. The van der Waals surface area contributed by atoms with Crippen LogP contribution < -0.4 is 0 Å². The van der Waals surface area contributed by atoms with Crippen LogP contribution in [-0.4, -0.2) is 26.9 Å². The number of hydrogen-bond donors (Lipinski definition) is 0. The fraction of sp³-hybridized carbons (Fsp3) is 0.556. The van der Waals surface area contributed by atoms with Gasteiger partial charge in [0.05, 0.1) is 12.7 Å². The van der Waals surface area contributed by atoms with E-state index in [2.05, 4.69) is 74.5 Å². The molecule has 0 aliphatic heterocycles. The van der Waals surface area contributed by atoms with Crippen LogP contribution in [0.3, 0.4) is 0 Å². The molecule has 0 N–H and O–H groups in total. The average molecular weight is 397 g/mol. The Morgan fingerprint density at radius 2 is 1.38 bits per heavy atom. The summed E-state index contributed by atoms with van der Waals surface area (Å²) in [6.45, 7) is 5.39. The first-order valence-corrected chi connectivity index (χ1v) is 11.3. The van der Waals surface area contributed by atoms with Crippen molar-refractivity contribution >= 4 is 0 Å². The van der Waals surface area contributed by atoms with Crippen molar-refractivity contribution in [1.82, 2.24) is 0 Å². The first kappa shape index (κ1) is 23.6. The zero-order chi connectivity index (χ0) is 21.0. The van der Waals surface area contributed by atoms with E-state index in [1.807, 2.05) is 14.2 Å². The summed E-state index contributed by atoms with van der Waals surface area (Å²) in [5.41, 5.74) is 2.73. The first-order chi connectivity index (χ1) is 14.2. The topological polar surface area (TPSA) is 18.5 Å². The number of unbranched alkanes of at least 4 members (excludes halogenated alkanes) is 3. The number of benzene rings is 2. The van der Waals surface area contributed by atoms with Gasteiger partial charge in [0.2, 0.25) is 0 Å². The summed E-state index contributed by atoms with van der Waals surface area (Å²) >= 11 is 0. The fourth-order valence-corrected chi connectivity index (χ4v) is 4.45. The van der Waals surface area contributed by atoms with Crippen LogP contribution >= 0.6 is 0 Å². The summed E-state index contributed by atoms with van der Waals surface area (Å²) < 4.78 is 11.6. The van der Waals surface area contributed by atoms with Gasteiger partial charge in [-0.2, -0.15) is 0 Å². The smallest absolute Gasteiger partial charge is 0.0621 e. The number of hydrogen-bond acceptors (Lipinski definition) is 2. The van der Waals surface area contributed by atoms with Gasteiger partial charge in [-0.05, 0) is 30.4 Å². The van der Waals surface area contributed by atoms with Crippen LogP contribution in [0.4, 0.5) is 0 Å². The van der Waals surface area contributed by atoms with Crippen LogP contribution in [0, 0.1) is 5.92 Å². The van der Waals surface area contributed by atoms with Gasteiger partial charge in [-0.15, -0.1) is 0 Å². The zero-order valence-corrected chi connectivity index (χ0v) is 18.9. The molecule has 0 spiro atoms. The molecular formula is C27H40O2. The summed E-state index contributed by atoms with van der Waals surface area (Å²) in [6.07, 6.45) is 8.66. The van der Waals surface area contributed by atoms with Crippen LogP contribution in [0.15, 0.2) is 60.7 Å². The standard InChI is InChI=1S/C27H40O2/c1-5-6-7-14-19-26(29-4)23(22-28-3)20-21-27(2,24-15-10-8-11-16-24)25-17-12-9-13-18-25/h8-13,15-18,23,26H,5-7,14,19-22H2,1-4H3. The van der Waals surface area contributed by atoms with E-state index in [4.69, 9.17) is 9.47 Å². The van der Waals surface area contributed by atoms with Gasteiger partial charge in [0, 0.05) is 25.6 Å². The Hall–Kier alpha value is -1.64. The molecule has 0 saturated carbocycles. The molecule has 29 heavy (non-hydrogen) atoms. The highest BCUT2D eigenvalue weighted by Crippen LogP contribution is 2.38. The predicted octanol–water partition coefficient (Wildman–Crippen LogP) is 7.02. The van der Waals surface area contributed by atoms with Crippen LogP contribution in [0.25, 0.3) is 0 Å². The molecule has 0 saturated heterocycles.